The van der Waals surface area contributed by atoms with E-state index in [0.717, 1.165) is 32.8 Å². The maximum absolute atomic E-state index is 12.4. The fourth-order valence-corrected chi connectivity index (χ4v) is 2.50. The Kier molecular flexibility index (Phi) is 5.17. The van der Waals surface area contributed by atoms with Crippen LogP contribution in [0.25, 0.3) is 0 Å². The number of carbonyl (C=O) groups excluding carboxylic acids is 1. The van der Waals surface area contributed by atoms with Crippen molar-refractivity contribution in [2.75, 3.05) is 39.9 Å². The molecule has 0 aliphatic carbocycles. The van der Waals surface area contributed by atoms with Gasteiger partial charge in [0.1, 0.15) is 12.0 Å². The smallest absolute Gasteiger partial charge is 0.257 e. The highest BCUT2D eigenvalue weighted by atomic mass is 16.5. The molecular formula is C14H23N3O3. The Bertz CT molecular complexity index is 447. The van der Waals surface area contributed by atoms with Crippen LogP contribution in [0.3, 0.4) is 0 Å². The zero-order valence-corrected chi connectivity index (χ0v) is 12.2. The van der Waals surface area contributed by atoms with E-state index in [9.17, 15) is 4.79 Å². The molecule has 112 valence electrons. The van der Waals surface area contributed by atoms with Crippen molar-refractivity contribution < 1.29 is 13.9 Å². The lowest BCUT2D eigenvalue weighted by Gasteiger charge is -2.39. The Labute approximate surface area is 119 Å². The molecule has 1 aliphatic heterocycles. The van der Waals surface area contributed by atoms with Crippen LogP contribution in [-0.2, 0) is 11.3 Å². The van der Waals surface area contributed by atoms with Crippen LogP contribution in [0.4, 0.5) is 0 Å². The second-order valence-corrected chi connectivity index (χ2v) is 5.13. The van der Waals surface area contributed by atoms with E-state index < -0.39 is 0 Å². The van der Waals surface area contributed by atoms with Crippen LogP contribution in [0, 0.1) is 0 Å². The van der Waals surface area contributed by atoms with Gasteiger partial charge in [-0.15, -0.1) is 0 Å². The van der Waals surface area contributed by atoms with E-state index in [4.69, 9.17) is 14.9 Å². The lowest BCUT2D eigenvalue weighted by Crippen LogP contribution is -2.54. The van der Waals surface area contributed by atoms with Crippen LogP contribution < -0.4 is 5.73 Å². The van der Waals surface area contributed by atoms with E-state index in [0.29, 0.717) is 23.9 Å². The summed E-state index contributed by atoms with van der Waals surface area (Å²) in [5, 5.41) is 0. The molecule has 0 bridgehead atoms. The van der Waals surface area contributed by atoms with Crippen molar-refractivity contribution in [1.29, 1.82) is 0 Å². The minimum Gasteiger partial charge on any atom is -0.467 e. The number of methoxy groups -OCH3 is 1. The molecule has 2 rings (SSSR count). The van der Waals surface area contributed by atoms with E-state index in [1.807, 2.05) is 4.90 Å². The van der Waals surface area contributed by atoms with Crippen molar-refractivity contribution in [1.82, 2.24) is 9.80 Å². The molecule has 1 amide bonds. The lowest BCUT2D eigenvalue weighted by atomic mass is 10.1. The molecule has 1 atom stereocenters. The Morgan fingerprint density at radius 2 is 2.35 bits per heavy atom. The molecule has 1 aromatic heterocycles. The third kappa shape index (κ3) is 3.39. The predicted molar refractivity (Wildman–Crippen MR) is 75.4 cm³/mol. The molecule has 0 aromatic carbocycles. The number of piperazine rings is 1. The molecular weight excluding hydrogens is 258 g/mol. The van der Waals surface area contributed by atoms with Gasteiger partial charge in [-0.3, -0.25) is 9.69 Å². The number of hydrogen-bond donors (Lipinski definition) is 1. The molecule has 1 fully saturated rings. The zero-order valence-electron chi connectivity index (χ0n) is 12.2. The second-order valence-electron chi connectivity index (χ2n) is 5.13. The van der Waals surface area contributed by atoms with E-state index in [1.165, 1.54) is 6.26 Å². The first-order chi connectivity index (χ1) is 9.65. The van der Waals surface area contributed by atoms with Crippen molar-refractivity contribution in [2.24, 2.45) is 5.73 Å². The number of nitrogens with zero attached hydrogens (tertiary/aromatic N) is 2. The zero-order chi connectivity index (χ0) is 14.5. The highest BCUT2D eigenvalue weighted by molar-refractivity contribution is 5.94. The SMILES string of the molecule is COCCN1CCN(C(=O)c2coc(CN)c2)CC1C. The highest BCUT2D eigenvalue weighted by Gasteiger charge is 2.27. The van der Waals surface area contributed by atoms with Crippen molar-refractivity contribution >= 4 is 5.91 Å². The number of amides is 1. The summed E-state index contributed by atoms with van der Waals surface area (Å²) in [5.74, 6) is 0.659. The summed E-state index contributed by atoms with van der Waals surface area (Å²) in [4.78, 5) is 16.6. The van der Waals surface area contributed by atoms with E-state index in [1.54, 1.807) is 13.2 Å². The summed E-state index contributed by atoms with van der Waals surface area (Å²) < 4.78 is 10.3. The van der Waals surface area contributed by atoms with Gasteiger partial charge in [-0.25, -0.2) is 0 Å². The Hall–Kier alpha value is -1.37. The van der Waals surface area contributed by atoms with Gasteiger partial charge in [-0.2, -0.15) is 0 Å². The molecule has 2 heterocycles. The summed E-state index contributed by atoms with van der Waals surface area (Å²) in [6.07, 6.45) is 1.49. The number of nitrogens with two attached hydrogens (primary N) is 1. The fourth-order valence-electron chi connectivity index (χ4n) is 2.50. The third-order valence-corrected chi connectivity index (χ3v) is 3.74. The van der Waals surface area contributed by atoms with E-state index in [2.05, 4.69) is 11.8 Å². The average Bonchev–Trinajstić information content (AvgIpc) is 2.94. The predicted octanol–water partition coefficient (Wildman–Crippen LogP) is 0.531. The van der Waals surface area contributed by atoms with Crippen LogP contribution in [-0.4, -0.2) is 61.6 Å². The van der Waals surface area contributed by atoms with Gasteiger partial charge >= 0.3 is 0 Å². The number of rotatable bonds is 5. The number of furan rings is 1. The van der Waals surface area contributed by atoms with Gasteiger partial charge in [0.05, 0.1) is 18.7 Å². The molecule has 0 spiro atoms. The summed E-state index contributed by atoms with van der Waals surface area (Å²) in [7, 11) is 1.71. The number of hydrogen-bond acceptors (Lipinski definition) is 5. The summed E-state index contributed by atoms with van der Waals surface area (Å²) >= 11 is 0. The molecule has 1 aliphatic rings. The quantitative estimate of drug-likeness (QED) is 0.852. The number of ether oxygens (including phenoxy) is 1. The molecule has 6 nitrogen and oxygen atoms in total. The maximum atomic E-state index is 12.4. The molecule has 20 heavy (non-hydrogen) atoms. The lowest BCUT2D eigenvalue weighted by molar-refractivity contribution is 0.0434. The van der Waals surface area contributed by atoms with Crippen molar-refractivity contribution in [2.45, 2.75) is 19.5 Å². The molecule has 1 aromatic rings. The van der Waals surface area contributed by atoms with E-state index >= 15 is 0 Å². The highest BCUT2D eigenvalue weighted by Crippen LogP contribution is 2.15. The standard InChI is InChI=1S/C14H23N3O3/c1-11-9-17(4-3-16(11)5-6-19-2)14(18)12-7-13(8-15)20-10-12/h7,10-11H,3-6,8-9,15H2,1-2H3. The number of carbonyl (C=O) groups is 1. The van der Waals surface area contributed by atoms with Gasteiger partial charge in [0.25, 0.3) is 5.91 Å². The second kappa shape index (κ2) is 6.88. The minimum atomic E-state index is 0.0201. The summed E-state index contributed by atoms with van der Waals surface area (Å²) in [6.45, 7) is 6.41. The van der Waals surface area contributed by atoms with Crippen LogP contribution in [0.15, 0.2) is 16.7 Å². The first kappa shape index (κ1) is 15.0. The van der Waals surface area contributed by atoms with Crippen LogP contribution >= 0.6 is 0 Å². The average molecular weight is 281 g/mol. The van der Waals surface area contributed by atoms with Crippen molar-refractivity contribution in [3.8, 4) is 0 Å². The van der Waals surface area contributed by atoms with Gasteiger partial charge in [-0.1, -0.05) is 0 Å². The van der Waals surface area contributed by atoms with Gasteiger partial charge < -0.3 is 19.8 Å². The minimum absolute atomic E-state index is 0.0201. The van der Waals surface area contributed by atoms with Gasteiger partial charge in [0.2, 0.25) is 0 Å². The van der Waals surface area contributed by atoms with Gasteiger partial charge in [0.15, 0.2) is 0 Å². The molecule has 6 heteroatoms. The maximum Gasteiger partial charge on any atom is 0.257 e. The molecule has 0 radical (unpaired) electrons. The Balaban J connectivity index is 1.93. The van der Waals surface area contributed by atoms with Crippen LogP contribution in [0.2, 0.25) is 0 Å². The Morgan fingerprint density at radius 1 is 1.55 bits per heavy atom. The van der Waals surface area contributed by atoms with E-state index in [-0.39, 0.29) is 5.91 Å². The summed E-state index contributed by atoms with van der Waals surface area (Å²) in [6, 6.07) is 2.06. The van der Waals surface area contributed by atoms with Crippen molar-refractivity contribution in [3.63, 3.8) is 0 Å². The first-order valence-electron chi connectivity index (χ1n) is 6.95. The molecule has 1 saturated heterocycles. The molecule has 1 unspecified atom stereocenters. The fraction of sp³-hybridized carbons (Fsp3) is 0.643. The van der Waals surface area contributed by atoms with Gasteiger partial charge in [-0.05, 0) is 13.0 Å². The molecule has 0 saturated carbocycles. The first-order valence-corrected chi connectivity index (χ1v) is 6.95. The van der Waals surface area contributed by atoms with Crippen LogP contribution in [0.5, 0.6) is 0 Å². The monoisotopic (exact) mass is 281 g/mol. The largest absolute Gasteiger partial charge is 0.467 e. The van der Waals surface area contributed by atoms with Crippen LogP contribution in [0.1, 0.15) is 23.0 Å². The normalized spacial score (nSPS) is 20.4. The van der Waals surface area contributed by atoms with Crippen molar-refractivity contribution in [3.05, 3.63) is 23.7 Å². The third-order valence-electron chi connectivity index (χ3n) is 3.74. The topological polar surface area (TPSA) is 71.9 Å². The molecule has 2 N–H and O–H groups in total. The van der Waals surface area contributed by atoms with Gasteiger partial charge in [0, 0.05) is 39.3 Å². The Morgan fingerprint density at radius 3 is 2.95 bits per heavy atom. The summed E-state index contributed by atoms with van der Waals surface area (Å²) in [5.41, 5.74) is 6.08.